The Kier molecular flexibility index (Phi) is 2.86. The van der Waals surface area contributed by atoms with Crippen LogP contribution in [0.5, 0.6) is 0 Å². The molecule has 6 unspecified atom stereocenters. The molecule has 0 aromatic heterocycles. The normalized spacial score (nSPS) is 42.3. The van der Waals surface area contributed by atoms with Crippen molar-refractivity contribution in [3.63, 3.8) is 0 Å². The molecule has 5 saturated carbocycles. The third-order valence-corrected chi connectivity index (χ3v) is 7.81. The lowest BCUT2D eigenvalue weighted by Crippen LogP contribution is -2.40. The molecule has 0 radical (unpaired) electrons. The number of hydrogen-bond donors (Lipinski definition) is 1. The molecule has 1 spiro atoms. The minimum atomic E-state index is -1.24. The van der Waals surface area contributed by atoms with Gasteiger partial charge in [-0.3, -0.25) is 9.59 Å². The van der Waals surface area contributed by atoms with Crippen LogP contribution in [-0.2, 0) is 19.1 Å². The fourth-order valence-corrected chi connectivity index (χ4v) is 7.30. The van der Waals surface area contributed by atoms with Crippen LogP contribution in [0.4, 0.5) is 0 Å². The summed E-state index contributed by atoms with van der Waals surface area (Å²) in [6, 6.07) is 0. The van der Waals surface area contributed by atoms with Crippen molar-refractivity contribution >= 4 is 11.9 Å². The number of ether oxygens (including phenoxy) is 2. The second kappa shape index (κ2) is 4.54. The zero-order valence-electron chi connectivity index (χ0n) is 15.6. The highest BCUT2D eigenvalue weighted by Crippen LogP contribution is 2.90. The molecule has 6 rings (SSSR count). The summed E-state index contributed by atoms with van der Waals surface area (Å²) in [7, 11) is 2.67. The molecule has 0 saturated heterocycles. The molecule has 138 valence electrons. The molecule has 0 heterocycles. The fraction of sp³-hybridized carbons (Fsp3) is 0.714. The number of hydrogen-bond acceptors (Lipinski definition) is 5. The van der Waals surface area contributed by atoms with E-state index in [-0.39, 0.29) is 5.41 Å². The molecule has 5 heteroatoms. The second-order valence-corrected chi connectivity index (χ2v) is 9.30. The monoisotopic (exact) mass is 356 g/mol. The van der Waals surface area contributed by atoms with E-state index >= 15 is 0 Å². The minimum absolute atomic E-state index is 0.0774. The SMILES string of the molecule is COC(=O)C1(C(=O)OC)CC2=C(C#CC(C)(C)O)C3C4C5CC3C2(C1)C54. The van der Waals surface area contributed by atoms with Crippen molar-refractivity contribution in [2.75, 3.05) is 14.2 Å². The fourth-order valence-electron chi connectivity index (χ4n) is 7.30. The predicted molar refractivity (Wildman–Crippen MR) is 91.3 cm³/mol. The van der Waals surface area contributed by atoms with E-state index in [4.69, 9.17) is 9.47 Å². The molecular formula is C21H24O5. The first kappa shape index (κ1) is 16.4. The summed E-state index contributed by atoms with van der Waals surface area (Å²) in [6.07, 6.45) is 2.03. The van der Waals surface area contributed by atoms with Gasteiger partial charge < -0.3 is 14.6 Å². The summed E-state index contributed by atoms with van der Waals surface area (Å²) in [5.74, 6) is 8.15. The summed E-state index contributed by atoms with van der Waals surface area (Å²) >= 11 is 0. The van der Waals surface area contributed by atoms with Crippen LogP contribution >= 0.6 is 0 Å². The first-order chi connectivity index (χ1) is 12.2. The van der Waals surface area contributed by atoms with Crippen molar-refractivity contribution in [1.82, 2.24) is 0 Å². The largest absolute Gasteiger partial charge is 0.468 e. The lowest BCUT2D eigenvalue weighted by atomic mass is 9.73. The van der Waals surface area contributed by atoms with Gasteiger partial charge in [0.25, 0.3) is 0 Å². The zero-order chi connectivity index (χ0) is 18.6. The summed E-state index contributed by atoms with van der Waals surface area (Å²) < 4.78 is 10.1. The third kappa shape index (κ3) is 1.59. The van der Waals surface area contributed by atoms with Crippen molar-refractivity contribution in [3.8, 4) is 11.8 Å². The van der Waals surface area contributed by atoms with Crippen LogP contribution in [0.15, 0.2) is 11.1 Å². The van der Waals surface area contributed by atoms with Gasteiger partial charge in [0.15, 0.2) is 5.41 Å². The van der Waals surface area contributed by atoms with Gasteiger partial charge in [-0.1, -0.05) is 11.8 Å². The molecule has 0 aromatic carbocycles. The molecule has 0 aliphatic heterocycles. The van der Waals surface area contributed by atoms with Crippen LogP contribution in [0, 0.1) is 52.3 Å². The van der Waals surface area contributed by atoms with E-state index in [1.54, 1.807) is 13.8 Å². The number of carbonyl (C=O) groups is 2. The maximum atomic E-state index is 12.7. The first-order valence-electron chi connectivity index (χ1n) is 9.37. The van der Waals surface area contributed by atoms with Gasteiger partial charge in [-0.05, 0) is 68.3 Å². The van der Waals surface area contributed by atoms with Gasteiger partial charge >= 0.3 is 11.9 Å². The Hall–Kier alpha value is -1.80. The lowest BCUT2D eigenvalue weighted by molar-refractivity contribution is -0.169. The van der Waals surface area contributed by atoms with E-state index in [9.17, 15) is 14.7 Å². The highest BCUT2D eigenvalue weighted by Gasteiger charge is 2.87. The smallest absolute Gasteiger partial charge is 0.323 e. The third-order valence-electron chi connectivity index (χ3n) is 7.81. The Morgan fingerprint density at radius 3 is 2.42 bits per heavy atom. The standard InChI is InChI=1S/C21H24O5/c1-19(2,24)6-5-10-13-8-20(17(22)25-3,18(23)26-4)9-21(13)12-7-11-15(14(10)12)16(11)21/h11-12,14-16,24H,7-9H2,1-4H3. The Bertz CT molecular complexity index is 819. The van der Waals surface area contributed by atoms with Gasteiger partial charge in [-0.25, -0.2) is 0 Å². The number of methoxy groups -OCH3 is 2. The van der Waals surface area contributed by atoms with E-state index in [0.29, 0.717) is 42.4 Å². The quantitative estimate of drug-likeness (QED) is 0.463. The number of rotatable bonds is 2. The van der Waals surface area contributed by atoms with Crippen LogP contribution < -0.4 is 0 Å². The Labute approximate surface area is 153 Å². The van der Waals surface area contributed by atoms with E-state index in [1.165, 1.54) is 26.2 Å². The molecule has 6 bridgehead atoms. The number of aliphatic hydroxyl groups is 1. The Morgan fingerprint density at radius 1 is 1.23 bits per heavy atom. The molecule has 5 fully saturated rings. The maximum absolute atomic E-state index is 12.7. The van der Waals surface area contributed by atoms with Crippen molar-refractivity contribution < 1.29 is 24.2 Å². The van der Waals surface area contributed by atoms with E-state index in [2.05, 4.69) is 11.8 Å². The van der Waals surface area contributed by atoms with E-state index in [0.717, 1.165) is 5.57 Å². The first-order valence-corrected chi connectivity index (χ1v) is 9.37. The average Bonchev–Trinajstić information content (AvgIpc) is 2.95. The summed E-state index contributed by atoms with van der Waals surface area (Å²) in [6.45, 7) is 3.35. The number of allylic oxidation sites excluding steroid dienone is 2. The topological polar surface area (TPSA) is 72.8 Å². The van der Waals surface area contributed by atoms with Crippen LogP contribution in [0.3, 0.4) is 0 Å². The molecule has 5 nitrogen and oxygen atoms in total. The van der Waals surface area contributed by atoms with Crippen LogP contribution in [0.2, 0.25) is 0 Å². The van der Waals surface area contributed by atoms with Crippen LogP contribution in [0.25, 0.3) is 0 Å². The van der Waals surface area contributed by atoms with Gasteiger partial charge in [0.05, 0.1) is 14.2 Å². The van der Waals surface area contributed by atoms with Gasteiger partial charge in [0, 0.05) is 11.0 Å². The minimum Gasteiger partial charge on any atom is -0.468 e. The molecule has 1 N–H and O–H groups in total. The Morgan fingerprint density at radius 2 is 1.88 bits per heavy atom. The second-order valence-electron chi connectivity index (χ2n) is 9.30. The number of carbonyl (C=O) groups excluding carboxylic acids is 2. The van der Waals surface area contributed by atoms with Crippen molar-refractivity contribution in [3.05, 3.63) is 11.1 Å². The van der Waals surface area contributed by atoms with Gasteiger partial charge in [0.1, 0.15) is 5.60 Å². The van der Waals surface area contributed by atoms with Crippen LogP contribution in [0.1, 0.15) is 33.1 Å². The highest BCUT2D eigenvalue weighted by atomic mass is 16.5. The Balaban J connectivity index is 1.66. The van der Waals surface area contributed by atoms with Gasteiger partial charge in [-0.2, -0.15) is 0 Å². The van der Waals surface area contributed by atoms with E-state index in [1.807, 2.05) is 0 Å². The summed E-state index contributed by atoms with van der Waals surface area (Å²) in [4.78, 5) is 25.4. The molecule has 6 atom stereocenters. The molecule has 6 aliphatic rings. The highest BCUT2D eigenvalue weighted by molar-refractivity contribution is 6.01. The molecule has 26 heavy (non-hydrogen) atoms. The molecule has 0 aromatic rings. The van der Waals surface area contributed by atoms with Gasteiger partial charge in [-0.15, -0.1) is 0 Å². The summed E-state index contributed by atoms with van der Waals surface area (Å²) in [5.41, 5.74) is -0.105. The molecular weight excluding hydrogens is 332 g/mol. The number of esters is 2. The van der Waals surface area contributed by atoms with E-state index < -0.39 is 23.0 Å². The maximum Gasteiger partial charge on any atom is 0.323 e. The lowest BCUT2D eigenvalue weighted by Gasteiger charge is -2.30. The van der Waals surface area contributed by atoms with Crippen molar-refractivity contribution in [2.24, 2.45) is 40.4 Å². The van der Waals surface area contributed by atoms with Crippen molar-refractivity contribution in [1.29, 1.82) is 0 Å². The predicted octanol–water partition coefficient (Wildman–Crippen LogP) is 1.70. The van der Waals surface area contributed by atoms with Crippen molar-refractivity contribution in [2.45, 2.75) is 38.7 Å². The summed E-state index contributed by atoms with van der Waals surface area (Å²) in [5, 5.41) is 10.1. The van der Waals surface area contributed by atoms with Gasteiger partial charge in [0.2, 0.25) is 0 Å². The molecule has 0 amide bonds. The van der Waals surface area contributed by atoms with Crippen LogP contribution in [-0.4, -0.2) is 36.9 Å². The average molecular weight is 356 g/mol. The molecule has 6 aliphatic carbocycles. The zero-order valence-corrected chi connectivity index (χ0v) is 15.6.